The lowest BCUT2D eigenvalue weighted by Gasteiger charge is -2.13. The monoisotopic (exact) mass is 436 g/mol. The summed E-state index contributed by atoms with van der Waals surface area (Å²) < 4.78 is 20.5. The van der Waals surface area contributed by atoms with Gasteiger partial charge in [0, 0.05) is 12.3 Å². The van der Waals surface area contributed by atoms with Crippen LogP contribution in [0.4, 0.5) is 10.1 Å². The van der Waals surface area contributed by atoms with Crippen molar-refractivity contribution in [3.8, 4) is 11.4 Å². The number of carbonyl (C=O) groups excluding carboxylic acids is 1. The number of amides is 1. The van der Waals surface area contributed by atoms with Crippen LogP contribution in [0.25, 0.3) is 16.7 Å². The summed E-state index contributed by atoms with van der Waals surface area (Å²) in [5, 5.41) is 3.16. The summed E-state index contributed by atoms with van der Waals surface area (Å²) in [7, 11) is 1.53. The molecule has 0 saturated heterocycles. The Bertz CT molecular complexity index is 1330. The van der Waals surface area contributed by atoms with Crippen LogP contribution < -0.4 is 15.6 Å². The lowest BCUT2D eigenvalue weighted by Crippen LogP contribution is -2.23. The van der Waals surface area contributed by atoms with Gasteiger partial charge in [0.2, 0.25) is 5.91 Å². The quantitative estimate of drug-likeness (QED) is 0.367. The van der Waals surface area contributed by atoms with Gasteiger partial charge in [-0.3, -0.25) is 14.2 Å². The average Bonchev–Trinajstić information content (AvgIpc) is 2.79. The molecule has 0 unspecified atom stereocenters. The van der Waals surface area contributed by atoms with Gasteiger partial charge in [0.15, 0.2) is 10.8 Å². The summed E-state index contributed by atoms with van der Waals surface area (Å²) in [6.45, 7) is 0. The lowest BCUT2D eigenvalue weighted by atomic mass is 10.3. The molecule has 4 rings (SSSR count). The summed E-state index contributed by atoms with van der Waals surface area (Å²) >= 11 is 1.05. The Morgan fingerprint density at radius 3 is 2.81 bits per heavy atom. The normalized spacial score (nSPS) is 10.8. The second-order valence-electron chi connectivity index (χ2n) is 6.43. The van der Waals surface area contributed by atoms with E-state index in [1.54, 1.807) is 54.7 Å². The maximum absolute atomic E-state index is 13.8. The molecule has 9 heteroatoms. The molecule has 2 aromatic heterocycles. The van der Waals surface area contributed by atoms with Gasteiger partial charge in [-0.2, -0.15) is 0 Å². The number of anilines is 1. The standard InChI is InChI=1S/C22H17FN4O3S/c1-30-15-7-4-6-14(12-15)27-21(29)16-8-5-11-24-20(16)26-22(27)31-13-19(28)25-18-10-3-2-9-17(18)23/h2-12H,13H2,1H3,(H,25,28). The molecule has 2 heterocycles. The second-order valence-corrected chi connectivity index (χ2v) is 7.37. The summed E-state index contributed by atoms with van der Waals surface area (Å²) in [6, 6.07) is 16.2. The molecule has 1 N–H and O–H groups in total. The number of fused-ring (bicyclic) bond motifs is 1. The molecule has 0 saturated carbocycles. The maximum atomic E-state index is 13.8. The van der Waals surface area contributed by atoms with Crippen LogP contribution in [0.1, 0.15) is 0 Å². The summed E-state index contributed by atoms with van der Waals surface area (Å²) in [5.41, 5.74) is 0.595. The largest absolute Gasteiger partial charge is 0.497 e. The molecule has 0 bridgehead atoms. The van der Waals surface area contributed by atoms with Gasteiger partial charge < -0.3 is 10.1 Å². The summed E-state index contributed by atoms with van der Waals surface area (Å²) in [6.07, 6.45) is 1.55. The van der Waals surface area contributed by atoms with E-state index in [9.17, 15) is 14.0 Å². The zero-order valence-electron chi connectivity index (χ0n) is 16.4. The van der Waals surface area contributed by atoms with Crippen LogP contribution in [-0.2, 0) is 4.79 Å². The minimum atomic E-state index is -0.526. The van der Waals surface area contributed by atoms with E-state index >= 15 is 0 Å². The van der Waals surface area contributed by atoms with E-state index in [0.29, 0.717) is 16.8 Å². The molecule has 0 fully saturated rings. The molecule has 4 aromatic rings. The maximum Gasteiger partial charge on any atom is 0.268 e. The Labute approximate surface area is 180 Å². The predicted molar refractivity (Wildman–Crippen MR) is 117 cm³/mol. The van der Waals surface area contributed by atoms with E-state index in [4.69, 9.17) is 4.74 Å². The van der Waals surface area contributed by atoms with Gasteiger partial charge in [0.25, 0.3) is 5.56 Å². The second kappa shape index (κ2) is 8.97. The Hall–Kier alpha value is -3.72. The predicted octanol–water partition coefficient (Wildman–Crippen LogP) is 3.66. The van der Waals surface area contributed by atoms with Gasteiger partial charge in [-0.25, -0.2) is 14.4 Å². The molecule has 0 aliphatic heterocycles. The van der Waals surface area contributed by atoms with Gasteiger partial charge in [0.05, 0.1) is 29.6 Å². The van der Waals surface area contributed by atoms with Crippen molar-refractivity contribution in [1.29, 1.82) is 0 Å². The number of pyridine rings is 1. The number of para-hydroxylation sites is 1. The van der Waals surface area contributed by atoms with Gasteiger partial charge in [-0.1, -0.05) is 30.0 Å². The molecular formula is C22H17FN4O3S. The first-order valence-electron chi connectivity index (χ1n) is 9.26. The van der Waals surface area contributed by atoms with Gasteiger partial charge >= 0.3 is 0 Å². The fourth-order valence-electron chi connectivity index (χ4n) is 2.95. The van der Waals surface area contributed by atoms with E-state index in [1.807, 2.05) is 0 Å². The number of hydrogen-bond acceptors (Lipinski definition) is 6. The number of benzene rings is 2. The highest BCUT2D eigenvalue weighted by molar-refractivity contribution is 7.99. The number of nitrogens with zero attached hydrogens (tertiary/aromatic N) is 3. The molecule has 0 aliphatic carbocycles. The van der Waals surface area contributed by atoms with Crippen LogP contribution in [-0.4, -0.2) is 33.3 Å². The lowest BCUT2D eigenvalue weighted by molar-refractivity contribution is -0.113. The number of halogens is 1. The molecule has 2 aromatic carbocycles. The summed E-state index contributed by atoms with van der Waals surface area (Å²) in [5.74, 6) is -0.461. The van der Waals surface area contributed by atoms with Gasteiger partial charge in [-0.05, 0) is 36.4 Å². The highest BCUT2D eigenvalue weighted by atomic mass is 32.2. The van der Waals surface area contributed by atoms with Crippen molar-refractivity contribution in [2.75, 3.05) is 18.2 Å². The Morgan fingerprint density at radius 2 is 2.00 bits per heavy atom. The third-order valence-corrected chi connectivity index (χ3v) is 5.34. The van der Waals surface area contributed by atoms with Crippen molar-refractivity contribution in [2.45, 2.75) is 5.16 Å². The molecule has 7 nitrogen and oxygen atoms in total. The molecule has 0 aliphatic rings. The fraction of sp³-hybridized carbons (Fsp3) is 0.0909. The fourth-order valence-corrected chi connectivity index (χ4v) is 3.75. The molecular weight excluding hydrogens is 419 g/mol. The highest BCUT2D eigenvalue weighted by Crippen LogP contribution is 2.23. The van der Waals surface area contributed by atoms with Crippen LogP contribution in [0.3, 0.4) is 0 Å². The van der Waals surface area contributed by atoms with Gasteiger partial charge in [-0.15, -0.1) is 0 Å². The Balaban J connectivity index is 1.70. The zero-order valence-corrected chi connectivity index (χ0v) is 17.2. The van der Waals surface area contributed by atoms with E-state index in [1.165, 1.54) is 23.8 Å². The number of thioether (sulfide) groups is 1. The number of carbonyl (C=O) groups is 1. The van der Waals surface area contributed by atoms with Crippen molar-refractivity contribution < 1.29 is 13.9 Å². The van der Waals surface area contributed by atoms with E-state index < -0.39 is 11.7 Å². The first-order chi connectivity index (χ1) is 15.1. The zero-order chi connectivity index (χ0) is 21.8. The van der Waals surface area contributed by atoms with E-state index in [0.717, 1.165) is 11.8 Å². The topological polar surface area (TPSA) is 86.1 Å². The van der Waals surface area contributed by atoms with Crippen molar-refractivity contribution >= 4 is 34.4 Å². The smallest absolute Gasteiger partial charge is 0.268 e. The van der Waals surface area contributed by atoms with Crippen molar-refractivity contribution in [1.82, 2.24) is 14.5 Å². The highest BCUT2D eigenvalue weighted by Gasteiger charge is 2.16. The van der Waals surface area contributed by atoms with Crippen molar-refractivity contribution in [3.05, 3.63) is 83.0 Å². The van der Waals surface area contributed by atoms with E-state index in [-0.39, 0.29) is 27.8 Å². The number of hydrogen-bond donors (Lipinski definition) is 1. The van der Waals surface area contributed by atoms with Crippen molar-refractivity contribution in [2.24, 2.45) is 0 Å². The number of ether oxygens (including phenoxy) is 1. The molecule has 31 heavy (non-hydrogen) atoms. The first kappa shape index (κ1) is 20.5. The SMILES string of the molecule is COc1cccc(-n2c(SCC(=O)Nc3ccccc3F)nc3ncccc3c2=O)c1. The molecule has 0 atom stereocenters. The summed E-state index contributed by atoms with van der Waals surface area (Å²) in [4.78, 5) is 34.2. The van der Waals surface area contributed by atoms with E-state index in [2.05, 4.69) is 15.3 Å². The number of nitrogens with one attached hydrogen (secondary N) is 1. The first-order valence-corrected chi connectivity index (χ1v) is 10.2. The van der Waals surface area contributed by atoms with Crippen LogP contribution in [0.5, 0.6) is 5.75 Å². The number of methoxy groups -OCH3 is 1. The average molecular weight is 436 g/mol. The Kier molecular flexibility index (Phi) is 5.94. The Morgan fingerprint density at radius 1 is 1.16 bits per heavy atom. The third kappa shape index (κ3) is 4.41. The van der Waals surface area contributed by atoms with Crippen LogP contribution in [0.15, 0.2) is 76.8 Å². The van der Waals surface area contributed by atoms with Crippen molar-refractivity contribution in [3.63, 3.8) is 0 Å². The molecule has 0 radical (unpaired) electrons. The number of rotatable bonds is 6. The molecule has 1 amide bonds. The minimum Gasteiger partial charge on any atom is -0.497 e. The molecule has 0 spiro atoms. The van der Waals surface area contributed by atoms with Crippen LogP contribution in [0, 0.1) is 5.82 Å². The minimum absolute atomic E-state index is 0.0803. The van der Waals surface area contributed by atoms with Crippen LogP contribution >= 0.6 is 11.8 Å². The number of aromatic nitrogens is 3. The molecule has 156 valence electrons. The third-order valence-electron chi connectivity index (χ3n) is 4.40. The van der Waals surface area contributed by atoms with Gasteiger partial charge in [0.1, 0.15) is 11.6 Å². The van der Waals surface area contributed by atoms with Crippen LogP contribution in [0.2, 0.25) is 0 Å².